The van der Waals surface area contributed by atoms with Crippen molar-refractivity contribution in [2.45, 2.75) is 13.3 Å². The number of likely N-dealkylation sites (N-methyl/N-ethyl adjacent to an activating group) is 1. The van der Waals surface area contributed by atoms with Gasteiger partial charge < -0.3 is 9.64 Å². The maximum atomic E-state index is 11.8. The number of anilines is 1. The summed E-state index contributed by atoms with van der Waals surface area (Å²) in [5.74, 6) is 0.317. The van der Waals surface area contributed by atoms with Crippen molar-refractivity contribution in [3.05, 3.63) is 38.9 Å². The van der Waals surface area contributed by atoms with Crippen LogP contribution < -0.4 is 4.90 Å². The first-order valence-electron chi connectivity index (χ1n) is 6.55. The molecule has 0 saturated carbocycles. The summed E-state index contributed by atoms with van der Waals surface area (Å²) in [7, 11) is 1.94. The van der Waals surface area contributed by atoms with Crippen molar-refractivity contribution >= 4 is 39.1 Å². The number of hydrogen-bond donors (Lipinski definition) is 0. The third-order valence-electron chi connectivity index (χ3n) is 2.84. The van der Waals surface area contributed by atoms with E-state index in [4.69, 9.17) is 4.74 Å². The Bertz CT molecular complexity index is 604. The monoisotopic (exact) mass is 369 g/mol. The van der Waals surface area contributed by atoms with Gasteiger partial charge in [0.1, 0.15) is 5.82 Å². The zero-order valence-electron chi connectivity index (χ0n) is 11.9. The zero-order chi connectivity index (χ0) is 15.2. The first-order chi connectivity index (χ1) is 10.1. The molecule has 0 aliphatic rings. The van der Waals surface area contributed by atoms with E-state index in [0.717, 1.165) is 23.8 Å². The molecule has 0 N–H and O–H groups in total. The molecule has 0 amide bonds. The lowest BCUT2D eigenvalue weighted by Gasteiger charge is -2.18. The number of esters is 1. The van der Waals surface area contributed by atoms with Gasteiger partial charge in [-0.3, -0.25) is 0 Å². The Balaban J connectivity index is 2.08. The molecular formula is C14H16BrN3O2S. The van der Waals surface area contributed by atoms with Crippen LogP contribution in [0.15, 0.2) is 28.2 Å². The number of pyridine rings is 1. The molecule has 2 heterocycles. The molecule has 112 valence electrons. The fourth-order valence-corrected chi connectivity index (χ4v) is 2.73. The molecule has 21 heavy (non-hydrogen) atoms. The second-order valence-corrected chi connectivity index (χ2v) is 6.15. The van der Waals surface area contributed by atoms with E-state index >= 15 is 0 Å². The molecule has 7 heteroatoms. The number of halogens is 1. The second kappa shape index (κ2) is 7.51. The van der Waals surface area contributed by atoms with Gasteiger partial charge >= 0.3 is 5.97 Å². The number of rotatable bonds is 6. The van der Waals surface area contributed by atoms with E-state index in [0.29, 0.717) is 16.8 Å². The van der Waals surface area contributed by atoms with Crippen molar-refractivity contribution < 1.29 is 9.53 Å². The Labute approximate surface area is 136 Å². The Hall–Kier alpha value is -1.47. The highest BCUT2D eigenvalue weighted by Crippen LogP contribution is 2.20. The van der Waals surface area contributed by atoms with Gasteiger partial charge in [-0.25, -0.2) is 14.8 Å². The third kappa shape index (κ3) is 4.25. The topological polar surface area (TPSA) is 55.3 Å². The number of hydrogen-bond acceptors (Lipinski definition) is 6. The molecule has 2 rings (SSSR count). The lowest BCUT2D eigenvalue weighted by atomic mass is 10.3. The van der Waals surface area contributed by atoms with Crippen LogP contribution in [0.1, 0.15) is 22.4 Å². The molecule has 5 nitrogen and oxygen atoms in total. The van der Waals surface area contributed by atoms with Crippen LogP contribution in [0.25, 0.3) is 0 Å². The van der Waals surface area contributed by atoms with Crippen LogP contribution >= 0.6 is 27.3 Å². The molecule has 0 aliphatic carbocycles. The van der Waals surface area contributed by atoms with Gasteiger partial charge in [0.15, 0.2) is 5.69 Å². The summed E-state index contributed by atoms with van der Waals surface area (Å²) in [6.07, 6.45) is 2.65. The smallest absolute Gasteiger partial charge is 0.358 e. The van der Waals surface area contributed by atoms with Crippen molar-refractivity contribution in [1.29, 1.82) is 0 Å². The van der Waals surface area contributed by atoms with E-state index in [2.05, 4.69) is 25.9 Å². The summed E-state index contributed by atoms with van der Waals surface area (Å²) in [5, 5.41) is 3.05. The summed E-state index contributed by atoms with van der Waals surface area (Å²) in [6.45, 7) is 2.89. The second-order valence-electron chi connectivity index (χ2n) is 4.32. The summed E-state index contributed by atoms with van der Waals surface area (Å²) in [4.78, 5) is 22.5. The van der Waals surface area contributed by atoms with Gasteiger partial charge in [0.2, 0.25) is 0 Å². The maximum absolute atomic E-state index is 11.8. The summed E-state index contributed by atoms with van der Waals surface area (Å²) in [5.41, 5.74) is 0.301. The van der Waals surface area contributed by atoms with Crippen LogP contribution in [0.5, 0.6) is 0 Å². The predicted octanol–water partition coefficient (Wildman–Crippen LogP) is 3.16. The first kappa shape index (κ1) is 15.9. The van der Waals surface area contributed by atoms with Gasteiger partial charge in [-0.1, -0.05) is 0 Å². The number of ether oxygens (including phenoxy) is 1. The van der Waals surface area contributed by atoms with Crippen LogP contribution in [0.3, 0.4) is 0 Å². The normalized spacial score (nSPS) is 10.4. The molecule has 0 saturated heterocycles. The number of aromatic nitrogens is 2. The van der Waals surface area contributed by atoms with Gasteiger partial charge in [0.25, 0.3) is 0 Å². The number of thiazole rings is 1. The third-order valence-corrected chi connectivity index (χ3v) is 4.32. The lowest BCUT2D eigenvalue weighted by molar-refractivity contribution is 0.0518. The van der Waals surface area contributed by atoms with Crippen molar-refractivity contribution in [2.75, 3.05) is 25.1 Å². The highest BCUT2D eigenvalue weighted by atomic mass is 79.9. The van der Waals surface area contributed by atoms with Crippen molar-refractivity contribution in [1.82, 2.24) is 9.97 Å². The highest BCUT2D eigenvalue weighted by molar-refractivity contribution is 9.10. The molecule has 0 aromatic carbocycles. The Kier molecular flexibility index (Phi) is 5.69. The van der Waals surface area contributed by atoms with E-state index in [1.54, 1.807) is 24.5 Å². The van der Waals surface area contributed by atoms with Gasteiger partial charge in [0, 0.05) is 31.6 Å². The predicted molar refractivity (Wildman–Crippen MR) is 87.0 cm³/mol. The van der Waals surface area contributed by atoms with Crippen LogP contribution in [0, 0.1) is 0 Å². The summed E-state index contributed by atoms with van der Waals surface area (Å²) in [6, 6.07) is 3.68. The zero-order valence-corrected chi connectivity index (χ0v) is 14.3. The minimum absolute atomic E-state index is 0.301. The number of carbonyl (C=O) groups excluding carboxylic acids is 1. The van der Waals surface area contributed by atoms with Crippen LogP contribution in [-0.2, 0) is 11.2 Å². The summed E-state index contributed by atoms with van der Waals surface area (Å²) < 4.78 is 5.64. The van der Waals surface area contributed by atoms with Gasteiger partial charge in [-0.05, 0) is 35.0 Å². The minimum atomic E-state index is -0.417. The molecule has 2 aromatic rings. The van der Waals surface area contributed by atoms with Crippen LogP contribution in [0.2, 0.25) is 0 Å². The summed E-state index contributed by atoms with van der Waals surface area (Å²) >= 11 is 4.97. The Morgan fingerprint density at radius 3 is 2.95 bits per heavy atom. The average molecular weight is 370 g/mol. The van der Waals surface area contributed by atoms with Crippen LogP contribution in [0.4, 0.5) is 5.82 Å². The molecule has 0 aliphatic heterocycles. The Morgan fingerprint density at radius 2 is 2.29 bits per heavy atom. The van der Waals surface area contributed by atoms with E-state index in [1.165, 1.54) is 0 Å². The fraction of sp³-hybridized carbons (Fsp3) is 0.357. The fourth-order valence-electron chi connectivity index (χ4n) is 1.74. The molecule has 0 bridgehead atoms. The van der Waals surface area contributed by atoms with E-state index in [9.17, 15) is 4.79 Å². The van der Waals surface area contributed by atoms with Gasteiger partial charge in [-0.15, -0.1) is 11.3 Å². The Morgan fingerprint density at radius 1 is 1.48 bits per heavy atom. The molecule has 2 aromatic heterocycles. The van der Waals surface area contributed by atoms with Crippen LogP contribution in [-0.4, -0.2) is 36.1 Å². The molecule has 0 radical (unpaired) electrons. The van der Waals surface area contributed by atoms with Crippen molar-refractivity contribution in [2.24, 2.45) is 0 Å². The van der Waals surface area contributed by atoms with Crippen molar-refractivity contribution in [3.8, 4) is 0 Å². The standard InChI is InChI=1S/C14H16BrN3O2S/c1-3-20-14(19)13-10(15)4-5-11(17-13)18(2)8-6-12-16-7-9-21-12/h4-5,7,9H,3,6,8H2,1-2H3. The quantitative estimate of drug-likeness (QED) is 0.732. The number of nitrogens with zero attached hydrogens (tertiary/aromatic N) is 3. The SMILES string of the molecule is CCOC(=O)c1nc(N(C)CCc2nccs2)ccc1Br. The average Bonchev–Trinajstić information content (AvgIpc) is 2.98. The lowest BCUT2D eigenvalue weighted by Crippen LogP contribution is -2.22. The molecular weight excluding hydrogens is 354 g/mol. The molecule has 0 fully saturated rings. The highest BCUT2D eigenvalue weighted by Gasteiger charge is 2.15. The largest absolute Gasteiger partial charge is 0.461 e. The van der Waals surface area contributed by atoms with E-state index in [-0.39, 0.29) is 0 Å². The maximum Gasteiger partial charge on any atom is 0.358 e. The van der Waals surface area contributed by atoms with E-state index in [1.807, 2.05) is 29.5 Å². The number of carbonyl (C=O) groups is 1. The minimum Gasteiger partial charge on any atom is -0.461 e. The van der Waals surface area contributed by atoms with Gasteiger partial charge in [0.05, 0.1) is 16.1 Å². The molecule has 0 atom stereocenters. The molecule has 0 spiro atoms. The van der Waals surface area contributed by atoms with Crippen molar-refractivity contribution in [3.63, 3.8) is 0 Å². The first-order valence-corrected chi connectivity index (χ1v) is 8.22. The van der Waals surface area contributed by atoms with E-state index < -0.39 is 5.97 Å². The molecule has 0 unspecified atom stereocenters. The van der Waals surface area contributed by atoms with Gasteiger partial charge in [-0.2, -0.15) is 0 Å².